The minimum Gasteiger partial charge on any atom is -0.481 e. The van der Waals surface area contributed by atoms with Gasteiger partial charge < -0.3 is 36.5 Å². The van der Waals surface area contributed by atoms with Gasteiger partial charge in [-0.05, 0) is 25.8 Å². The van der Waals surface area contributed by atoms with Crippen LogP contribution in [-0.4, -0.2) is 86.3 Å². The number of carboxylic acids is 2. The fourth-order valence-corrected chi connectivity index (χ4v) is 3.53. The topological polar surface area (TPSA) is 203 Å². The lowest BCUT2D eigenvalue weighted by atomic mass is 10.1. The molecular formula is C19H28N6O7S. The molecule has 1 fully saturated rings. The first kappa shape index (κ1) is 26.1. The summed E-state index contributed by atoms with van der Waals surface area (Å²) in [5.41, 5.74) is 0.495. The van der Waals surface area contributed by atoms with Crippen LogP contribution in [0.3, 0.4) is 0 Å². The van der Waals surface area contributed by atoms with E-state index in [9.17, 15) is 29.1 Å². The van der Waals surface area contributed by atoms with Crippen molar-refractivity contribution in [1.29, 1.82) is 0 Å². The van der Waals surface area contributed by atoms with Crippen molar-refractivity contribution in [1.82, 2.24) is 31.2 Å². The second-order valence-electron chi connectivity index (χ2n) is 7.57. The number of nitrogens with zero attached hydrogens (tertiary/aromatic N) is 1. The summed E-state index contributed by atoms with van der Waals surface area (Å²) >= 11 is 4.12. The lowest BCUT2D eigenvalue weighted by Crippen LogP contribution is -2.58. The van der Waals surface area contributed by atoms with Crippen LogP contribution in [-0.2, 0) is 30.4 Å². The Bertz CT molecular complexity index is 844. The zero-order valence-corrected chi connectivity index (χ0v) is 18.6. The number of imidazole rings is 1. The maximum absolute atomic E-state index is 12.8. The molecule has 0 radical (unpaired) electrons. The van der Waals surface area contributed by atoms with Gasteiger partial charge in [-0.15, -0.1) is 0 Å². The summed E-state index contributed by atoms with van der Waals surface area (Å²) in [5, 5.41) is 28.5. The number of carbonyl (C=O) groups is 5. The van der Waals surface area contributed by atoms with Crippen molar-refractivity contribution < 1.29 is 34.2 Å². The van der Waals surface area contributed by atoms with Gasteiger partial charge in [0.15, 0.2) is 0 Å². The molecule has 182 valence electrons. The fourth-order valence-electron chi connectivity index (χ4n) is 3.27. The Balaban J connectivity index is 2.08. The third kappa shape index (κ3) is 8.38. The van der Waals surface area contributed by atoms with Gasteiger partial charge in [-0.25, -0.2) is 9.78 Å². The van der Waals surface area contributed by atoms with Gasteiger partial charge in [-0.3, -0.25) is 19.2 Å². The number of H-pyrrole nitrogens is 1. The predicted molar refractivity (Wildman–Crippen MR) is 117 cm³/mol. The van der Waals surface area contributed by atoms with Crippen LogP contribution in [0.15, 0.2) is 12.5 Å². The highest BCUT2D eigenvalue weighted by atomic mass is 32.1. The van der Waals surface area contributed by atoms with Gasteiger partial charge in [-0.1, -0.05) is 0 Å². The maximum atomic E-state index is 12.8. The first-order chi connectivity index (χ1) is 15.7. The second kappa shape index (κ2) is 12.8. The van der Waals surface area contributed by atoms with E-state index in [1.165, 1.54) is 12.5 Å². The normalized spacial score (nSPS) is 18.0. The van der Waals surface area contributed by atoms with Crippen LogP contribution in [0.5, 0.6) is 0 Å². The Kier molecular flexibility index (Phi) is 10.1. The van der Waals surface area contributed by atoms with Crippen LogP contribution in [0.4, 0.5) is 0 Å². The number of carboxylic acid groups (broad SMARTS) is 2. The lowest BCUT2D eigenvalue weighted by molar-refractivity contribution is -0.143. The Morgan fingerprint density at radius 3 is 2.33 bits per heavy atom. The molecule has 3 amide bonds. The average molecular weight is 485 g/mol. The molecule has 14 heteroatoms. The first-order valence-electron chi connectivity index (χ1n) is 10.4. The number of hydrogen-bond donors (Lipinski definition) is 8. The summed E-state index contributed by atoms with van der Waals surface area (Å²) in [4.78, 5) is 66.8. The number of aromatic amines is 1. The Morgan fingerprint density at radius 1 is 1.09 bits per heavy atom. The van der Waals surface area contributed by atoms with Crippen LogP contribution in [0, 0.1) is 0 Å². The molecule has 0 aromatic carbocycles. The molecule has 13 nitrogen and oxygen atoms in total. The minimum atomic E-state index is -1.46. The monoisotopic (exact) mass is 484 g/mol. The molecule has 33 heavy (non-hydrogen) atoms. The summed E-state index contributed by atoms with van der Waals surface area (Å²) in [6, 6.07) is -4.10. The van der Waals surface area contributed by atoms with E-state index >= 15 is 0 Å². The number of nitrogens with one attached hydrogen (secondary N) is 5. The molecule has 2 rings (SSSR count). The summed E-state index contributed by atoms with van der Waals surface area (Å²) in [6.45, 7) is 0.703. The molecule has 2 heterocycles. The zero-order valence-electron chi connectivity index (χ0n) is 17.7. The Hall–Kier alpha value is -3.13. The molecule has 0 spiro atoms. The van der Waals surface area contributed by atoms with Crippen molar-refractivity contribution in [2.75, 3.05) is 12.3 Å². The molecule has 1 aliphatic heterocycles. The second-order valence-corrected chi connectivity index (χ2v) is 7.93. The van der Waals surface area contributed by atoms with Gasteiger partial charge in [0.1, 0.15) is 18.1 Å². The molecule has 0 bridgehead atoms. The molecular weight excluding hydrogens is 456 g/mol. The van der Waals surface area contributed by atoms with Crippen LogP contribution in [0.1, 0.15) is 31.4 Å². The highest BCUT2D eigenvalue weighted by Crippen LogP contribution is 2.07. The van der Waals surface area contributed by atoms with Crippen molar-refractivity contribution in [3.8, 4) is 0 Å². The van der Waals surface area contributed by atoms with Crippen LogP contribution < -0.4 is 21.3 Å². The Labute approximate surface area is 194 Å². The molecule has 4 unspecified atom stereocenters. The molecule has 0 saturated carbocycles. The smallest absolute Gasteiger partial charge is 0.326 e. The Morgan fingerprint density at radius 2 is 1.79 bits per heavy atom. The van der Waals surface area contributed by atoms with E-state index in [1.54, 1.807) is 0 Å². The number of amides is 3. The maximum Gasteiger partial charge on any atom is 0.326 e. The molecule has 7 N–H and O–H groups in total. The summed E-state index contributed by atoms with van der Waals surface area (Å²) in [6.07, 6.45) is 3.47. The van der Waals surface area contributed by atoms with E-state index < -0.39 is 54.3 Å². The predicted octanol–water partition coefficient (Wildman–Crippen LogP) is -1.96. The molecule has 1 aromatic rings. The molecule has 1 aliphatic rings. The van der Waals surface area contributed by atoms with E-state index in [1.807, 2.05) is 0 Å². The van der Waals surface area contributed by atoms with E-state index in [4.69, 9.17) is 5.11 Å². The van der Waals surface area contributed by atoms with Gasteiger partial charge in [0, 0.05) is 30.5 Å². The minimum absolute atomic E-state index is 0.0287. The van der Waals surface area contributed by atoms with E-state index in [-0.39, 0.29) is 24.5 Å². The van der Waals surface area contributed by atoms with Gasteiger partial charge in [-0.2, -0.15) is 12.6 Å². The van der Waals surface area contributed by atoms with Crippen molar-refractivity contribution in [2.24, 2.45) is 0 Å². The highest BCUT2D eigenvalue weighted by molar-refractivity contribution is 7.80. The van der Waals surface area contributed by atoms with E-state index in [0.29, 0.717) is 18.7 Å². The number of hydrogen-bond acceptors (Lipinski definition) is 8. The molecule has 1 aromatic heterocycles. The number of carbonyl (C=O) groups excluding carboxylic acids is 3. The summed E-state index contributed by atoms with van der Waals surface area (Å²) < 4.78 is 0. The van der Waals surface area contributed by atoms with Crippen molar-refractivity contribution in [3.05, 3.63) is 18.2 Å². The zero-order chi connectivity index (χ0) is 24.4. The molecule has 1 saturated heterocycles. The standard InChI is InChI=1S/C19H28N6O7S/c26-15(27)4-3-12(19(31)32)23-17(29)13(6-10-7-20-9-22-10)24-18(30)14(8-33)25-16(28)11-2-1-5-21-11/h7,9,11-14,21,33H,1-6,8H2,(H,20,22)(H,23,29)(H,24,30)(H,25,28)(H,26,27)(H,31,32). The van der Waals surface area contributed by atoms with E-state index in [2.05, 4.69) is 43.9 Å². The van der Waals surface area contributed by atoms with Crippen LogP contribution in [0.2, 0.25) is 0 Å². The van der Waals surface area contributed by atoms with Gasteiger partial charge >= 0.3 is 11.9 Å². The van der Waals surface area contributed by atoms with Crippen molar-refractivity contribution >= 4 is 42.3 Å². The highest BCUT2D eigenvalue weighted by Gasteiger charge is 2.31. The number of aliphatic carboxylic acids is 2. The van der Waals surface area contributed by atoms with Crippen LogP contribution >= 0.6 is 12.6 Å². The SMILES string of the molecule is O=C(O)CCC(NC(=O)C(Cc1cnc[nH]1)NC(=O)C(CS)NC(=O)C1CCCN1)C(=O)O. The lowest BCUT2D eigenvalue weighted by Gasteiger charge is -2.24. The fraction of sp³-hybridized carbons (Fsp3) is 0.579. The van der Waals surface area contributed by atoms with Gasteiger partial charge in [0.25, 0.3) is 0 Å². The molecule has 0 aliphatic carbocycles. The third-order valence-electron chi connectivity index (χ3n) is 5.07. The average Bonchev–Trinajstić information content (AvgIpc) is 3.48. The molecule has 4 atom stereocenters. The van der Waals surface area contributed by atoms with Crippen LogP contribution in [0.25, 0.3) is 0 Å². The quantitative estimate of drug-likeness (QED) is 0.146. The number of rotatable bonds is 13. The number of thiol groups is 1. The van der Waals surface area contributed by atoms with Gasteiger partial charge in [0.2, 0.25) is 17.7 Å². The van der Waals surface area contributed by atoms with Crippen molar-refractivity contribution in [3.63, 3.8) is 0 Å². The largest absolute Gasteiger partial charge is 0.481 e. The summed E-state index contributed by atoms with van der Waals surface area (Å²) in [5.74, 6) is -4.48. The van der Waals surface area contributed by atoms with Gasteiger partial charge in [0.05, 0.1) is 12.4 Å². The van der Waals surface area contributed by atoms with Crippen molar-refractivity contribution in [2.45, 2.75) is 56.3 Å². The third-order valence-corrected chi connectivity index (χ3v) is 5.43. The first-order valence-corrected chi connectivity index (χ1v) is 11.0. The number of aromatic nitrogens is 2. The summed E-state index contributed by atoms with van der Waals surface area (Å²) in [7, 11) is 0. The van der Waals surface area contributed by atoms with E-state index in [0.717, 1.165) is 6.42 Å².